The first kappa shape index (κ1) is 20.8. The van der Waals surface area contributed by atoms with Crippen LogP contribution in [0.4, 0.5) is 10.1 Å². The molecule has 1 saturated carbocycles. The SMILES string of the molecule is COc1ccc(C(=O)N2CCCc3cccc(F)c32)cc1S(=O)(=O)NC1CCCC1. The number of halogens is 1. The van der Waals surface area contributed by atoms with Gasteiger partial charge in [0.2, 0.25) is 10.0 Å². The van der Waals surface area contributed by atoms with Crippen LogP contribution in [0.1, 0.15) is 48.0 Å². The highest BCUT2D eigenvalue weighted by Gasteiger charge is 2.30. The summed E-state index contributed by atoms with van der Waals surface area (Å²) in [7, 11) is -2.47. The third-order valence-electron chi connectivity index (χ3n) is 5.79. The molecule has 2 aromatic carbocycles. The second-order valence-corrected chi connectivity index (χ2v) is 9.46. The maximum absolute atomic E-state index is 14.5. The van der Waals surface area contributed by atoms with Crippen molar-refractivity contribution in [3.63, 3.8) is 0 Å². The molecule has 1 aliphatic heterocycles. The van der Waals surface area contributed by atoms with Gasteiger partial charge < -0.3 is 9.64 Å². The Hall–Kier alpha value is -2.45. The molecule has 160 valence electrons. The van der Waals surface area contributed by atoms with Gasteiger partial charge >= 0.3 is 0 Å². The molecular formula is C22H25FN2O4S. The average molecular weight is 433 g/mol. The van der Waals surface area contributed by atoms with E-state index in [1.807, 2.05) is 6.07 Å². The van der Waals surface area contributed by atoms with E-state index in [1.54, 1.807) is 6.07 Å². The summed E-state index contributed by atoms with van der Waals surface area (Å²) in [6.07, 6.45) is 4.98. The Kier molecular flexibility index (Phi) is 5.79. The van der Waals surface area contributed by atoms with Gasteiger partial charge in [-0.2, -0.15) is 0 Å². The molecule has 4 rings (SSSR count). The summed E-state index contributed by atoms with van der Waals surface area (Å²) in [6.45, 7) is 0.376. The topological polar surface area (TPSA) is 75.7 Å². The summed E-state index contributed by atoms with van der Waals surface area (Å²) >= 11 is 0. The maximum Gasteiger partial charge on any atom is 0.258 e. The third-order valence-corrected chi connectivity index (χ3v) is 7.33. The number of carbonyl (C=O) groups is 1. The molecule has 0 aromatic heterocycles. The quantitative estimate of drug-likeness (QED) is 0.783. The molecule has 2 aromatic rings. The van der Waals surface area contributed by atoms with Crippen LogP contribution in [0, 0.1) is 5.82 Å². The Bertz CT molecular complexity index is 1060. The van der Waals surface area contributed by atoms with E-state index in [1.165, 1.54) is 36.3 Å². The molecule has 2 aliphatic rings. The molecule has 1 aliphatic carbocycles. The first-order valence-electron chi connectivity index (χ1n) is 10.2. The van der Waals surface area contributed by atoms with Crippen molar-refractivity contribution < 1.29 is 22.3 Å². The molecule has 0 spiro atoms. The number of carbonyl (C=O) groups excluding carboxylic acids is 1. The predicted octanol–water partition coefficient (Wildman–Crippen LogP) is 3.65. The van der Waals surface area contributed by atoms with Crippen LogP contribution in [-0.2, 0) is 16.4 Å². The van der Waals surface area contributed by atoms with Gasteiger partial charge in [0.25, 0.3) is 5.91 Å². The number of nitrogens with zero attached hydrogens (tertiary/aromatic N) is 1. The molecule has 1 heterocycles. The summed E-state index contributed by atoms with van der Waals surface area (Å²) in [4.78, 5) is 14.6. The van der Waals surface area contributed by atoms with Crippen molar-refractivity contribution in [1.29, 1.82) is 0 Å². The molecule has 0 bridgehead atoms. The van der Waals surface area contributed by atoms with Gasteiger partial charge in [0.15, 0.2) is 0 Å². The van der Waals surface area contributed by atoms with Crippen LogP contribution in [-0.4, -0.2) is 34.0 Å². The Morgan fingerprint density at radius 1 is 1.17 bits per heavy atom. The number of methoxy groups -OCH3 is 1. The Morgan fingerprint density at radius 2 is 1.93 bits per heavy atom. The van der Waals surface area contributed by atoms with Crippen molar-refractivity contribution in [2.75, 3.05) is 18.6 Å². The first-order chi connectivity index (χ1) is 14.4. The van der Waals surface area contributed by atoms with Gasteiger partial charge in [-0.15, -0.1) is 0 Å². The van der Waals surface area contributed by atoms with Crippen LogP contribution < -0.4 is 14.4 Å². The summed E-state index contributed by atoms with van der Waals surface area (Å²) in [5.41, 5.74) is 1.23. The fraction of sp³-hybridized carbons (Fsp3) is 0.409. The number of nitrogens with one attached hydrogen (secondary N) is 1. The number of fused-ring (bicyclic) bond motifs is 1. The lowest BCUT2D eigenvalue weighted by Gasteiger charge is -2.30. The van der Waals surface area contributed by atoms with Gasteiger partial charge in [-0.3, -0.25) is 4.79 Å². The zero-order chi connectivity index (χ0) is 21.3. The van der Waals surface area contributed by atoms with E-state index in [9.17, 15) is 17.6 Å². The molecule has 0 saturated heterocycles. The molecule has 1 fully saturated rings. The number of para-hydroxylation sites is 1. The largest absolute Gasteiger partial charge is 0.495 e. The number of benzene rings is 2. The van der Waals surface area contributed by atoms with Crippen LogP contribution in [0.25, 0.3) is 0 Å². The second kappa shape index (κ2) is 8.35. The van der Waals surface area contributed by atoms with E-state index in [4.69, 9.17) is 4.74 Å². The van der Waals surface area contributed by atoms with E-state index in [2.05, 4.69) is 4.72 Å². The molecule has 6 nitrogen and oxygen atoms in total. The Balaban J connectivity index is 1.69. The highest BCUT2D eigenvalue weighted by molar-refractivity contribution is 7.89. The zero-order valence-corrected chi connectivity index (χ0v) is 17.7. The van der Waals surface area contributed by atoms with Crippen molar-refractivity contribution >= 4 is 21.6 Å². The van der Waals surface area contributed by atoms with E-state index in [-0.39, 0.29) is 27.9 Å². The first-order valence-corrected chi connectivity index (χ1v) is 11.7. The molecule has 8 heteroatoms. The monoisotopic (exact) mass is 432 g/mol. The normalized spacial score (nSPS) is 17.1. The fourth-order valence-corrected chi connectivity index (χ4v) is 5.81. The number of amides is 1. The lowest BCUT2D eigenvalue weighted by molar-refractivity contribution is 0.0984. The van der Waals surface area contributed by atoms with Crippen molar-refractivity contribution in [3.05, 3.63) is 53.3 Å². The van der Waals surface area contributed by atoms with Gasteiger partial charge in [-0.25, -0.2) is 17.5 Å². The van der Waals surface area contributed by atoms with Gasteiger partial charge in [-0.1, -0.05) is 25.0 Å². The van der Waals surface area contributed by atoms with Crippen LogP contribution in [0.5, 0.6) is 5.75 Å². The predicted molar refractivity (Wildman–Crippen MR) is 112 cm³/mol. The van der Waals surface area contributed by atoms with Crippen LogP contribution in [0.15, 0.2) is 41.3 Å². The van der Waals surface area contributed by atoms with Crippen molar-refractivity contribution in [2.24, 2.45) is 0 Å². The summed E-state index contributed by atoms with van der Waals surface area (Å²) < 4.78 is 48.5. The summed E-state index contributed by atoms with van der Waals surface area (Å²) in [5.74, 6) is -0.715. The summed E-state index contributed by atoms with van der Waals surface area (Å²) in [6, 6.07) is 8.99. The molecule has 0 atom stereocenters. The molecule has 1 amide bonds. The number of hydrogen-bond acceptors (Lipinski definition) is 4. The number of anilines is 1. The van der Waals surface area contributed by atoms with Gasteiger partial charge in [0.1, 0.15) is 16.5 Å². The zero-order valence-electron chi connectivity index (χ0n) is 16.9. The molecule has 0 radical (unpaired) electrons. The number of aryl methyl sites for hydroxylation is 1. The Morgan fingerprint density at radius 3 is 2.67 bits per heavy atom. The average Bonchev–Trinajstić information content (AvgIpc) is 3.25. The van der Waals surface area contributed by atoms with E-state index >= 15 is 0 Å². The summed E-state index contributed by atoms with van der Waals surface area (Å²) in [5, 5.41) is 0. The molecular weight excluding hydrogens is 407 g/mol. The Labute approximate surface area is 176 Å². The number of hydrogen-bond donors (Lipinski definition) is 1. The lowest BCUT2D eigenvalue weighted by Crippen LogP contribution is -2.36. The standard InChI is InChI=1S/C22H25FN2O4S/c1-29-19-12-11-16(14-20(19)30(27,28)24-17-8-2-3-9-17)22(26)25-13-5-7-15-6-4-10-18(23)21(15)25/h4,6,10-12,14,17,24H,2-3,5,7-9,13H2,1H3. The second-order valence-electron chi connectivity index (χ2n) is 7.78. The van der Waals surface area contributed by atoms with Crippen LogP contribution >= 0.6 is 0 Å². The van der Waals surface area contributed by atoms with Crippen molar-refractivity contribution in [1.82, 2.24) is 4.72 Å². The minimum atomic E-state index is -3.86. The maximum atomic E-state index is 14.5. The number of ether oxygens (including phenoxy) is 1. The van der Waals surface area contributed by atoms with Gasteiger partial charge in [-0.05, 0) is 55.5 Å². The van der Waals surface area contributed by atoms with E-state index in [0.717, 1.165) is 31.2 Å². The molecule has 0 unspecified atom stereocenters. The van der Waals surface area contributed by atoms with Gasteiger partial charge in [0.05, 0.1) is 12.8 Å². The van der Waals surface area contributed by atoms with E-state index < -0.39 is 21.7 Å². The highest BCUT2D eigenvalue weighted by Crippen LogP contribution is 2.33. The smallest absolute Gasteiger partial charge is 0.258 e. The lowest BCUT2D eigenvalue weighted by atomic mass is 10.0. The van der Waals surface area contributed by atoms with Crippen molar-refractivity contribution in [2.45, 2.75) is 49.5 Å². The number of sulfonamides is 1. The van der Waals surface area contributed by atoms with E-state index in [0.29, 0.717) is 19.4 Å². The van der Waals surface area contributed by atoms with Gasteiger partial charge in [0, 0.05) is 18.2 Å². The van der Waals surface area contributed by atoms with Crippen LogP contribution in [0.3, 0.4) is 0 Å². The minimum absolute atomic E-state index is 0.0754. The molecule has 1 N–H and O–H groups in total. The molecule has 30 heavy (non-hydrogen) atoms. The fourth-order valence-electron chi connectivity index (χ4n) is 4.31. The van der Waals surface area contributed by atoms with Crippen molar-refractivity contribution in [3.8, 4) is 5.75 Å². The van der Waals surface area contributed by atoms with Crippen LogP contribution in [0.2, 0.25) is 0 Å². The highest BCUT2D eigenvalue weighted by atomic mass is 32.2. The number of rotatable bonds is 5. The minimum Gasteiger partial charge on any atom is -0.495 e. The third kappa shape index (κ3) is 3.94.